The summed E-state index contributed by atoms with van der Waals surface area (Å²) in [6.07, 6.45) is 0.929. The van der Waals surface area contributed by atoms with Gasteiger partial charge in [0.1, 0.15) is 12.4 Å². The van der Waals surface area contributed by atoms with Crippen LogP contribution in [0.15, 0.2) is 89.4 Å². The van der Waals surface area contributed by atoms with E-state index < -0.39 is 0 Å². The van der Waals surface area contributed by atoms with Crippen molar-refractivity contribution in [3.8, 4) is 5.75 Å². The van der Waals surface area contributed by atoms with E-state index in [1.807, 2.05) is 36.4 Å². The first-order chi connectivity index (χ1) is 12.3. The summed E-state index contributed by atoms with van der Waals surface area (Å²) in [5.74, 6) is 0.877. The second-order valence-electron chi connectivity index (χ2n) is 5.99. The highest BCUT2D eigenvalue weighted by Crippen LogP contribution is 2.24. The van der Waals surface area contributed by atoms with Crippen LogP contribution in [0.25, 0.3) is 0 Å². The predicted octanol–water partition coefficient (Wildman–Crippen LogP) is 5.23. The monoisotopic (exact) mass is 395 g/mol. The van der Waals surface area contributed by atoms with Crippen LogP contribution in [0.5, 0.6) is 5.75 Å². The van der Waals surface area contributed by atoms with Crippen LogP contribution in [0, 0.1) is 0 Å². The van der Waals surface area contributed by atoms with Gasteiger partial charge in [-0.05, 0) is 45.6 Å². The Morgan fingerprint density at radius 1 is 0.760 bits per heavy atom. The molecule has 0 aliphatic rings. The van der Waals surface area contributed by atoms with Crippen LogP contribution in [0.4, 0.5) is 0 Å². The molecule has 3 aromatic carbocycles. The lowest BCUT2D eigenvalue weighted by molar-refractivity contribution is 0.260. The van der Waals surface area contributed by atoms with Gasteiger partial charge in [-0.1, -0.05) is 72.8 Å². The van der Waals surface area contributed by atoms with Gasteiger partial charge in [0, 0.05) is 12.6 Å². The Morgan fingerprint density at radius 3 is 2.04 bits per heavy atom. The van der Waals surface area contributed by atoms with Crippen molar-refractivity contribution in [3.05, 3.63) is 101 Å². The van der Waals surface area contributed by atoms with Gasteiger partial charge in [-0.2, -0.15) is 0 Å². The molecule has 1 N–H and O–H groups in total. The van der Waals surface area contributed by atoms with Gasteiger partial charge < -0.3 is 10.1 Å². The minimum absolute atomic E-state index is 0.231. The highest BCUT2D eigenvalue weighted by molar-refractivity contribution is 9.10. The molecular formula is C22H22BrNO. The molecule has 0 aliphatic carbocycles. The van der Waals surface area contributed by atoms with Crippen molar-refractivity contribution in [1.82, 2.24) is 5.32 Å². The van der Waals surface area contributed by atoms with Crippen LogP contribution in [-0.4, -0.2) is 12.6 Å². The smallest absolute Gasteiger partial charge is 0.133 e. The minimum atomic E-state index is 0.231. The lowest BCUT2D eigenvalue weighted by atomic mass is 10.1. The molecule has 0 amide bonds. The van der Waals surface area contributed by atoms with E-state index in [0.29, 0.717) is 6.61 Å². The highest BCUT2D eigenvalue weighted by Gasteiger charge is 2.11. The molecule has 0 aliphatic heterocycles. The van der Waals surface area contributed by atoms with Crippen LogP contribution in [0.3, 0.4) is 0 Å². The number of nitrogens with one attached hydrogen (secondary N) is 1. The molecule has 0 saturated carbocycles. The quantitative estimate of drug-likeness (QED) is 0.563. The number of benzene rings is 3. The largest absolute Gasteiger partial charge is 0.491 e. The third kappa shape index (κ3) is 5.73. The molecule has 128 valence electrons. The van der Waals surface area contributed by atoms with Crippen molar-refractivity contribution in [2.24, 2.45) is 0 Å². The molecule has 25 heavy (non-hydrogen) atoms. The zero-order valence-corrected chi connectivity index (χ0v) is 15.7. The van der Waals surface area contributed by atoms with Gasteiger partial charge in [0.25, 0.3) is 0 Å². The Kier molecular flexibility index (Phi) is 6.66. The van der Waals surface area contributed by atoms with E-state index in [1.165, 1.54) is 11.1 Å². The van der Waals surface area contributed by atoms with Crippen molar-refractivity contribution in [3.63, 3.8) is 0 Å². The van der Waals surface area contributed by atoms with Gasteiger partial charge in [0.2, 0.25) is 0 Å². The van der Waals surface area contributed by atoms with Crippen molar-refractivity contribution >= 4 is 15.9 Å². The summed E-state index contributed by atoms with van der Waals surface area (Å²) in [6, 6.07) is 29.2. The molecule has 3 rings (SSSR count). The Hall–Kier alpha value is -2.10. The van der Waals surface area contributed by atoms with E-state index in [4.69, 9.17) is 4.74 Å². The topological polar surface area (TPSA) is 21.3 Å². The van der Waals surface area contributed by atoms with Crippen molar-refractivity contribution in [2.75, 3.05) is 6.61 Å². The lowest BCUT2D eigenvalue weighted by Gasteiger charge is -2.20. The molecule has 0 fully saturated rings. The van der Waals surface area contributed by atoms with Crippen LogP contribution >= 0.6 is 15.9 Å². The minimum Gasteiger partial charge on any atom is -0.491 e. The Balaban J connectivity index is 1.64. The Labute approximate surface area is 158 Å². The first kappa shape index (κ1) is 17.7. The fourth-order valence-corrected chi connectivity index (χ4v) is 3.10. The highest BCUT2D eigenvalue weighted by atomic mass is 79.9. The van der Waals surface area contributed by atoms with Crippen molar-refractivity contribution < 1.29 is 4.74 Å². The molecule has 0 aromatic heterocycles. The normalized spacial score (nSPS) is 11.9. The molecule has 0 bridgehead atoms. The molecular weight excluding hydrogens is 374 g/mol. The molecule has 3 aromatic rings. The van der Waals surface area contributed by atoms with E-state index in [1.54, 1.807) is 0 Å². The Morgan fingerprint density at radius 2 is 1.36 bits per heavy atom. The SMILES string of the molecule is Brc1ccccc1OC[C@H](Cc1ccccc1)NCc1ccccc1. The van der Waals surface area contributed by atoms with E-state index in [2.05, 4.69) is 69.8 Å². The fraction of sp³-hybridized carbons (Fsp3) is 0.182. The van der Waals surface area contributed by atoms with E-state index in [0.717, 1.165) is 23.2 Å². The molecule has 0 spiro atoms. The van der Waals surface area contributed by atoms with Crippen molar-refractivity contribution in [2.45, 2.75) is 19.0 Å². The van der Waals surface area contributed by atoms with Gasteiger partial charge in [-0.25, -0.2) is 0 Å². The second-order valence-corrected chi connectivity index (χ2v) is 6.85. The lowest BCUT2D eigenvalue weighted by Crippen LogP contribution is -2.36. The van der Waals surface area contributed by atoms with E-state index >= 15 is 0 Å². The number of hydrogen-bond acceptors (Lipinski definition) is 2. The molecule has 0 unspecified atom stereocenters. The van der Waals surface area contributed by atoms with Gasteiger partial charge in [0.15, 0.2) is 0 Å². The number of rotatable bonds is 8. The maximum absolute atomic E-state index is 6.05. The van der Waals surface area contributed by atoms with Gasteiger partial charge in [-0.3, -0.25) is 0 Å². The number of para-hydroxylation sites is 1. The summed E-state index contributed by atoms with van der Waals surface area (Å²) < 4.78 is 7.03. The average molecular weight is 396 g/mol. The average Bonchev–Trinajstić information content (AvgIpc) is 2.67. The van der Waals surface area contributed by atoms with Gasteiger partial charge in [-0.15, -0.1) is 0 Å². The zero-order valence-electron chi connectivity index (χ0n) is 14.1. The maximum atomic E-state index is 6.05. The maximum Gasteiger partial charge on any atom is 0.133 e. The standard InChI is InChI=1S/C22H22BrNO/c23-21-13-7-8-14-22(21)25-17-20(15-18-9-3-1-4-10-18)24-16-19-11-5-2-6-12-19/h1-14,20,24H,15-17H2/t20-/m0/s1. The number of ether oxygens (including phenoxy) is 1. The zero-order chi connectivity index (χ0) is 17.3. The summed E-state index contributed by atoms with van der Waals surface area (Å²) in [7, 11) is 0. The predicted molar refractivity (Wildman–Crippen MR) is 107 cm³/mol. The van der Waals surface area contributed by atoms with Crippen LogP contribution in [-0.2, 0) is 13.0 Å². The third-order valence-corrected chi connectivity index (χ3v) is 4.69. The summed E-state index contributed by atoms with van der Waals surface area (Å²) >= 11 is 3.54. The summed E-state index contributed by atoms with van der Waals surface area (Å²) in [5, 5.41) is 3.63. The fourth-order valence-electron chi connectivity index (χ4n) is 2.70. The van der Waals surface area contributed by atoms with Gasteiger partial charge in [0.05, 0.1) is 4.47 Å². The number of halogens is 1. The summed E-state index contributed by atoms with van der Waals surface area (Å²) in [4.78, 5) is 0. The van der Waals surface area contributed by atoms with Crippen LogP contribution in [0.1, 0.15) is 11.1 Å². The molecule has 3 heteroatoms. The second kappa shape index (κ2) is 9.40. The molecule has 1 atom stereocenters. The van der Waals surface area contributed by atoms with Gasteiger partial charge >= 0.3 is 0 Å². The molecule has 0 radical (unpaired) electrons. The van der Waals surface area contributed by atoms with Crippen LogP contribution < -0.4 is 10.1 Å². The summed E-state index contributed by atoms with van der Waals surface area (Å²) in [6.45, 7) is 1.45. The first-order valence-electron chi connectivity index (χ1n) is 8.50. The Bertz CT molecular complexity index is 761. The molecule has 0 saturated heterocycles. The van der Waals surface area contributed by atoms with E-state index in [-0.39, 0.29) is 6.04 Å². The first-order valence-corrected chi connectivity index (χ1v) is 9.29. The summed E-state index contributed by atoms with van der Waals surface area (Å²) in [5.41, 5.74) is 2.59. The van der Waals surface area contributed by atoms with E-state index in [9.17, 15) is 0 Å². The van der Waals surface area contributed by atoms with Crippen LogP contribution in [0.2, 0.25) is 0 Å². The molecule has 0 heterocycles. The third-order valence-electron chi connectivity index (χ3n) is 4.04. The molecule has 2 nitrogen and oxygen atoms in total. The van der Waals surface area contributed by atoms with Crippen molar-refractivity contribution in [1.29, 1.82) is 0 Å². The number of hydrogen-bond donors (Lipinski definition) is 1.